The van der Waals surface area contributed by atoms with Gasteiger partial charge in [-0.2, -0.15) is 5.10 Å². The number of hydrazone groups is 1. The van der Waals surface area contributed by atoms with Gasteiger partial charge in [0.05, 0.1) is 6.04 Å². The molecule has 0 bridgehead atoms. The van der Waals surface area contributed by atoms with E-state index in [2.05, 4.69) is 16.5 Å². The summed E-state index contributed by atoms with van der Waals surface area (Å²) >= 11 is 3.07. The molecule has 1 spiro atoms. The van der Waals surface area contributed by atoms with E-state index in [9.17, 15) is 13.6 Å². The van der Waals surface area contributed by atoms with Crippen molar-refractivity contribution >= 4 is 34.0 Å². The highest BCUT2D eigenvalue weighted by molar-refractivity contribution is 8.15. The molecule has 1 N–H and O–H groups in total. The summed E-state index contributed by atoms with van der Waals surface area (Å²) in [6.45, 7) is 0.809. The summed E-state index contributed by atoms with van der Waals surface area (Å²) in [6, 6.07) is 5.15. The number of hydrogen-bond acceptors (Lipinski definition) is 5. The normalized spacial score (nSPS) is 26.5. The fourth-order valence-corrected chi connectivity index (χ4v) is 6.97. The maximum Gasteiger partial charge on any atom is 0.261 e. The van der Waals surface area contributed by atoms with E-state index in [-0.39, 0.29) is 17.5 Å². The van der Waals surface area contributed by atoms with Crippen LogP contribution in [0.25, 0.3) is 0 Å². The monoisotopic (exact) mass is 433 g/mol. The van der Waals surface area contributed by atoms with Crippen LogP contribution in [-0.4, -0.2) is 28.5 Å². The maximum atomic E-state index is 14.5. The predicted molar refractivity (Wildman–Crippen MR) is 112 cm³/mol. The van der Waals surface area contributed by atoms with Gasteiger partial charge in [-0.25, -0.2) is 13.8 Å². The number of nitrogens with zero attached hydrogens (tertiary/aromatic N) is 2. The smallest absolute Gasteiger partial charge is 0.261 e. The Labute approximate surface area is 176 Å². The third kappa shape index (κ3) is 3.21. The predicted octanol–water partition coefficient (Wildman–Crippen LogP) is 4.59. The highest BCUT2D eigenvalue weighted by Gasteiger charge is 2.52. The number of amides is 1. The van der Waals surface area contributed by atoms with Gasteiger partial charge >= 0.3 is 0 Å². The van der Waals surface area contributed by atoms with E-state index < -0.39 is 16.5 Å². The number of piperidine rings is 1. The number of nitrogens with one attached hydrogen (secondary N) is 1. The molecule has 2 atom stereocenters. The van der Waals surface area contributed by atoms with Crippen LogP contribution in [0, 0.1) is 11.6 Å². The summed E-state index contributed by atoms with van der Waals surface area (Å²) in [5.41, 5.74) is 1.20. The number of halogens is 2. The van der Waals surface area contributed by atoms with Gasteiger partial charge < -0.3 is 5.32 Å². The molecule has 0 saturated carbocycles. The number of thioether (sulfide) groups is 1. The molecule has 1 aromatic carbocycles. The number of fused-ring (bicyclic) bond motifs is 2. The topological polar surface area (TPSA) is 44.7 Å². The molecule has 1 saturated heterocycles. The molecule has 1 aromatic heterocycles. The van der Waals surface area contributed by atoms with Crippen LogP contribution in [0.4, 0.5) is 8.78 Å². The summed E-state index contributed by atoms with van der Waals surface area (Å²) in [7, 11) is 0. The van der Waals surface area contributed by atoms with E-state index in [4.69, 9.17) is 0 Å². The van der Waals surface area contributed by atoms with Crippen molar-refractivity contribution in [2.45, 2.75) is 49.4 Å². The zero-order valence-corrected chi connectivity index (χ0v) is 17.4. The van der Waals surface area contributed by atoms with Gasteiger partial charge in [-0.15, -0.1) is 11.3 Å². The highest BCUT2D eigenvalue weighted by atomic mass is 32.2. The summed E-state index contributed by atoms with van der Waals surface area (Å²) in [6.07, 6.45) is 5.46. The lowest BCUT2D eigenvalue weighted by atomic mass is 9.92. The second-order valence-corrected chi connectivity index (χ2v) is 9.95. The number of benzene rings is 1. The van der Waals surface area contributed by atoms with Crippen molar-refractivity contribution in [3.63, 3.8) is 0 Å². The Bertz CT molecular complexity index is 986. The molecule has 1 amide bonds. The van der Waals surface area contributed by atoms with Crippen LogP contribution >= 0.6 is 23.1 Å². The number of thiophene rings is 1. The van der Waals surface area contributed by atoms with Gasteiger partial charge in [0, 0.05) is 16.0 Å². The van der Waals surface area contributed by atoms with Crippen molar-refractivity contribution in [3.8, 4) is 0 Å². The van der Waals surface area contributed by atoms with E-state index >= 15 is 0 Å². The zero-order valence-electron chi connectivity index (χ0n) is 15.8. The molecule has 2 aliphatic heterocycles. The van der Waals surface area contributed by atoms with Gasteiger partial charge in [0.15, 0.2) is 0 Å². The van der Waals surface area contributed by atoms with Crippen LogP contribution in [0.3, 0.4) is 0 Å². The highest BCUT2D eigenvalue weighted by Crippen LogP contribution is 2.55. The summed E-state index contributed by atoms with van der Waals surface area (Å²) in [5.74, 6) is -1.13. The van der Waals surface area contributed by atoms with Gasteiger partial charge in [-0.3, -0.25) is 4.79 Å². The maximum absolute atomic E-state index is 14.5. The first-order chi connectivity index (χ1) is 14.1. The van der Waals surface area contributed by atoms with Gasteiger partial charge in [-0.05, 0) is 68.3 Å². The summed E-state index contributed by atoms with van der Waals surface area (Å²) < 4.78 is 28.4. The lowest BCUT2D eigenvalue weighted by Gasteiger charge is -2.40. The van der Waals surface area contributed by atoms with Crippen molar-refractivity contribution in [2.24, 2.45) is 5.10 Å². The second-order valence-electron chi connectivity index (χ2n) is 7.68. The van der Waals surface area contributed by atoms with E-state index in [0.717, 1.165) is 62.8 Å². The number of carbonyl (C=O) groups excluding carboxylic acids is 1. The SMILES string of the molecule is O=C([C@@H]1CCCCN1)N1N=C(c2cc(F)ccc2F)SC12CCCc1sccc12. The molecule has 152 valence electrons. The first-order valence-corrected chi connectivity index (χ1v) is 11.7. The summed E-state index contributed by atoms with van der Waals surface area (Å²) in [5, 5.41) is 11.9. The van der Waals surface area contributed by atoms with Crippen molar-refractivity contribution in [1.82, 2.24) is 10.3 Å². The van der Waals surface area contributed by atoms with Gasteiger partial charge in [0.2, 0.25) is 0 Å². The Morgan fingerprint density at radius 1 is 1.24 bits per heavy atom. The average Bonchev–Trinajstić information content (AvgIpc) is 3.36. The molecule has 1 aliphatic carbocycles. The molecule has 1 fully saturated rings. The van der Waals surface area contributed by atoms with Crippen LogP contribution in [0.1, 0.15) is 48.1 Å². The van der Waals surface area contributed by atoms with Crippen molar-refractivity contribution in [2.75, 3.05) is 6.54 Å². The molecule has 29 heavy (non-hydrogen) atoms. The van der Waals surface area contributed by atoms with Crippen molar-refractivity contribution < 1.29 is 13.6 Å². The minimum Gasteiger partial charge on any atom is -0.306 e. The number of carbonyl (C=O) groups is 1. The molecule has 0 radical (unpaired) electrons. The number of rotatable bonds is 2. The molecule has 4 nitrogen and oxygen atoms in total. The van der Waals surface area contributed by atoms with Crippen LogP contribution < -0.4 is 5.32 Å². The van der Waals surface area contributed by atoms with Crippen LogP contribution in [0.2, 0.25) is 0 Å². The first kappa shape index (κ1) is 19.2. The van der Waals surface area contributed by atoms with E-state index in [1.165, 1.54) is 22.7 Å². The zero-order chi connectivity index (χ0) is 20.0. The molecule has 1 unspecified atom stereocenters. The lowest BCUT2D eigenvalue weighted by molar-refractivity contribution is -0.137. The van der Waals surface area contributed by atoms with Gasteiger partial charge in [0.1, 0.15) is 21.5 Å². The second kappa shape index (κ2) is 7.49. The minimum absolute atomic E-state index is 0.0805. The Kier molecular flexibility index (Phi) is 4.96. The molecule has 3 aliphatic rings. The van der Waals surface area contributed by atoms with Crippen LogP contribution in [-0.2, 0) is 16.1 Å². The standard InChI is InChI=1S/C21H21F2N3OS2/c22-13-6-7-16(23)14(12-13)19-25-26(20(27)17-4-1-2-10-24-17)21(29-19)9-3-5-18-15(21)8-11-28-18/h6-8,11-12,17,24H,1-5,9-10H2/t17-,21?/m0/s1. The third-order valence-electron chi connectivity index (χ3n) is 5.86. The molecular formula is C21H21F2N3OS2. The van der Waals surface area contributed by atoms with Crippen molar-refractivity contribution in [3.05, 3.63) is 57.3 Å². The fraction of sp³-hybridized carbons (Fsp3) is 0.429. The molecular weight excluding hydrogens is 412 g/mol. The minimum atomic E-state index is -0.683. The van der Waals surface area contributed by atoms with Crippen LogP contribution in [0.5, 0.6) is 0 Å². The van der Waals surface area contributed by atoms with E-state index in [0.29, 0.717) is 5.04 Å². The lowest BCUT2D eigenvalue weighted by Crippen LogP contribution is -2.52. The summed E-state index contributed by atoms with van der Waals surface area (Å²) in [4.78, 5) is 14.1. The van der Waals surface area contributed by atoms with Crippen LogP contribution in [0.15, 0.2) is 34.7 Å². The first-order valence-electron chi connectivity index (χ1n) is 9.96. The third-order valence-corrected chi connectivity index (χ3v) is 8.27. The Balaban J connectivity index is 1.60. The molecule has 8 heteroatoms. The van der Waals surface area contributed by atoms with E-state index in [1.807, 2.05) is 5.38 Å². The average molecular weight is 434 g/mol. The van der Waals surface area contributed by atoms with Crippen molar-refractivity contribution in [1.29, 1.82) is 0 Å². The Morgan fingerprint density at radius 3 is 2.97 bits per heavy atom. The molecule has 2 aromatic rings. The Hall–Kier alpha value is -1.77. The van der Waals surface area contributed by atoms with Gasteiger partial charge in [0.25, 0.3) is 5.91 Å². The largest absolute Gasteiger partial charge is 0.306 e. The Morgan fingerprint density at radius 2 is 2.14 bits per heavy atom. The number of hydrogen-bond donors (Lipinski definition) is 1. The number of aryl methyl sites for hydroxylation is 1. The fourth-order valence-electron chi connectivity index (χ4n) is 4.43. The van der Waals surface area contributed by atoms with E-state index in [1.54, 1.807) is 16.3 Å². The molecule has 5 rings (SSSR count). The quantitative estimate of drug-likeness (QED) is 0.753. The molecule has 3 heterocycles. The van der Waals surface area contributed by atoms with Gasteiger partial charge in [-0.1, -0.05) is 18.2 Å².